The molecule has 0 aliphatic heterocycles. The second-order valence-electron chi connectivity index (χ2n) is 6.74. The van der Waals surface area contributed by atoms with Crippen LogP contribution in [0.5, 0.6) is 0 Å². The van der Waals surface area contributed by atoms with Gasteiger partial charge in [0, 0.05) is 12.5 Å². The van der Waals surface area contributed by atoms with Gasteiger partial charge in [-0.05, 0) is 54.1 Å². The Balaban J connectivity index is 0.000000815. The van der Waals surface area contributed by atoms with Gasteiger partial charge in [0.2, 0.25) is 0 Å². The molecule has 0 atom stereocenters. The SMILES string of the molecule is CI.CN(C)CCOC12CCC(c3ccccc31)c1ccccc12. The van der Waals surface area contributed by atoms with Gasteiger partial charge in [0.25, 0.3) is 0 Å². The van der Waals surface area contributed by atoms with E-state index < -0.39 is 0 Å². The monoisotopic (exact) mass is 435 g/mol. The van der Waals surface area contributed by atoms with Crippen LogP contribution in [-0.2, 0) is 10.3 Å². The number of nitrogens with zero attached hydrogens (tertiary/aromatic N) is 1. The molecule has 0 amide bonds. The average molecular weight is 435 g/mol. The minimum absolute atomic E-state index is 0.238. The van der Waals surface area contributed by atoms with Crippen molar-refractivity contribution < 1.29 is 4.74 Å². The Morgan fingerprint density at radius 1 is 1.00 bits per heavy atom. The first-order valence-electron chi connectivity index (χ1n) is 8.58. The van der Waals surface area contributed by atoms with E-state index in [2.05, 4.69) is 90.1 Å². The minimum Gasteiger partial charge on any atom is -0.364 e. The Bertz CT molecular complexity index is 650. The summed E-state index contributed by atoms with van der Waals surface area (Å²) in [6.07, 6.45) is 2.29. The lowest BCUT2D eigenvalue weighted by atomic mass is 9.61. The lowest BCUT2D eigenvalue weighted by molar-refractivity contribution is -0.0436. The highest BCUT2D eigenvalue weighted by molar-refractivity contribution is 14.1. The van der Waals surface area contributed by atoms with Gasteiger partial charge in [-0.1, -0.05) is 71.1 Å². The fraction of sp³-hybridized carbons (Fsp3) is 0.429. The van der Waals surface area contributed by atoms with Crippen LogP contribution in [0.1, 0.15) is 41.0 Å². The second-order valence-corrected chi connectivity index (χ2v) is 6.74. The first-order valence-corrected chi connectivity index (χ1v) is 10.7. The van der Waals surface area contributed by atoms with Gasteiger partial charge in [-0.3, -0.25) is 0 Å². The van der Waals surface area contributed by atoms with Crippen LogP contribution in [0, 0.1) is 0 Å². The Hall–Kier alpha value is -0.910. The van der Waals surface area contributed by atoms with E-state index in [-0.39, 0.29) is 5.60 Å². The zero-order valence-electron chi connectivity index (χ0n) is 14.8. The molecule has 0 N–H and O–H groups in total. The van der Waals surface area contributed by atoms with Gasteiger partial charge in [-0.25, -0.2) is 0 Å². The van der Waals surface area contributed by atoms with E-state index in [0.717, 1.165) is 19.6 Å². The van der Waals surface area contributed by atoms with Crippen molar-refractivity contribution >= 4 is 22.6 Å². The third-order valence-corrected chi connectivity index (χ3v) is 5.21. The maximum atomic E-state index is 6.58. The summed E-state index contributed by atoms with van der Waals surface area (Å²) in [6.45, 7) is 1.72. The molecule has 0 saturated carbocycles. The molecule has 3 heteroatoms. The van der Waals surface area contributed by atoms with Crippen LogP contribution < -0.4 is 0 Å². The zero-order valence-corrected chi connectivity index (χ0v) is 16.9. The van der Waals surface area contributed by atoms with Gasteiger partial charge < -0.3 is 9.64 Å². The van der Waals surface area contributed by atoms with Gasteiger partial charge in [0.15, 0.2) is 0 Å². The number of fused-ring (bicyclic) bond motifs is 1. The van der Waals surface area contributed by atoms with E-state index in [1.165, 1.54) is 28.7 Å². The maximum absolute atomic E-state index is 6.58. The van der Waals surface area contributed by atoms with E-state index in [0.29, 0.717) is 5.92 Å². The van der Waals surface area contributed by atoms with Crippen LogP contribution in [0.4, 0.5) is 0 Å². The number of halogens is 1. The van der Waals surface area contributed by atoms with E-state index in [4.69, 9.17) is 4.74 Å². The Morgan fingerprint density at radius 2 is 1.54 bits per heavy atom. The number of benzene rings is 2. The molecule has 2 bridgehead atoms. The second kappa shape index (κ2) is 7.54. The lowest BCUT2D eigenvalue weighted by Crippen LogP contribution is -2.43. The highest BCUT2D eigenvalue weighted by atomic mass is 127. The molecule has 0 unspecified atom stereocenters. The smallest absolute Gasteiger partial charge is 0.119 e. The van der Waals surface area contributed by atoms with Crippen molar-refractivity contribution in [2.75, 3.05) is 32.2 Å². The van der Waals surface area contributed by atoms with Crippen molar-refractivity contribution in [1.82, 2.24) is 4.90 Å². The molecule has 0 spiro atoms. The third kappa shape index (κ3) is 2.91. The lowest BCUT2D eigenvalue weighted by Gasteiger charge is -2.49. The molecule has 2 aromatic carbocycles. The number of hydrogen-bond donors (Lipinski definition) is 0. The summed E-state index contributed by atoms with van der Waals surface area (Å²) in [5.74, 6) is 0.548. The van der Waals surface area contributed by atoms with Crippen molar-refractivity contribution in [3.05, 3.63) is 70.8 Å². The number of hydrogen-bond acceptors (Lipinski definition) is 2. The third-order valence-electron chi connectivity index (χ3n) is 5.21. The van der Waals surface area contributed by atoms with Crippen LogP contribution in [0.2, 0.25) is 0 Å². The van der Waals surface area contributed by atoms with E-state index in [1.54, 1.807) is 0 Å². The van der Waals surface area contributed by atoms with Gasteiger partial charge in [0.05, 0.1) is 6.61 Å². The minimum atomic E-state index is -0.238. The fourth-order valence-electron chi connectivity index (χ4n) is 4.21. The Kier molecular flexibility index (Phi) is 5.63. The molecule has 3 aliphatic carbocycles. The first-order chi connectivity index (χ1) is 11.7. The van der Waals surface area contributed by atoms with Crippen molar-refractivity contribution in [3.8, 4) is 0 Å². The summed E-state index contributed by atoms with van der Waals surface area (Å²) in [6, 6.07) is 17.8. The van der Waals surface area contributed by atoms with Crippen molar-refractivity contribution in [1.29, 1.82) is 0 Å². The molecule has 0 aromatic heterocycles. The summed E-state index contributed by atoms with van der Waals surface area (Å²) in [5, 5.41) is 0. The molecule has 128 valence electrons. The van der Waals surface area contributed by atoms with Crippen molar-refractivity contribution in [2.45, 2.75) is 24.4 Å². The summed E-state index contributed by atoms with van der Waals surface area (Å²) in [4.78, 5) is 4.15. The number of likely N-dealkylation sites (N-methyl/N-ethyl adjacent to an activating group) is 1. The molecular weight excluding hydrogens is 409 g/mol. The van der Waals surface area contributed by atoms with Gasteiger partial charge >= 0.3 is 0 Å². The molecule has 3 aliphatic rings. The molecule has 5 rings (SSSR count). The average Bonchev–Trinajstić information content (AvgIpc) is 2.64. The highest BCUT2D eigenvalue weighted by Gasteiger charge is 2.48. The van der Waals surface area contributed by atoms with Crippen molar-refractivity contribution in [3.63, 3.8) is 0 Å². The van der Waals surface area contributed by atoms with E-state index in [9.17, 15) is 0 Å². The van der Waals surface area contributed by atoms with E-state index >= 15 is 0 Å². The number of ether oxygens (including phenoxy) is 1. The van der Waals surface area contributed by atoms with Crippen LogP contribution in [0.15, 0.2) is 48.5 Å². The van der Waals surface area contributed by atoms with E-state index in [1.807, 2.05) is 4.93 Å². The quantitative estimate of drug-likeness (QED) is 0.506. The maximum Gasteiger partial charge on any atom is 0.119 e. The summed E-state index contributed by atoms with van der Waals surface area (Å²) in [7, 11) is 4.20. The Labute approximate surface area is 159 Å². The largest absolute Gasteiger partial charge is 0.364 e. The standard InChI is InChI=1S/C20H23NO.CH3I/c1-21(2)13-14-22-20-12-11-15(16-7-3-5-9-18(16)20)17-8-4-6-10-19(17)20;1-2/h3-10,15H,11-14H2,1-2H3;1H3. The molecule has 0 saturated heterocycles. The molecule has 2 nitrogen and oxygen atoms in total. The fourth-order valence-corrected chi connectivity index (χ4v) is 4.21. The Morgan fingerprint density at radius 3 is 2.08 bits per heavy atom. The molecule has 0 radical (unpaired) electrons. The predicted octanol–water partition coefficient (Wildman–Crippen LogP) is 4.80. The molecule has 2 aromatic rings. The van der Waals surface area contributed by atoms with Crippen molar-refractivity contribution in [2.24, 2.45) is 0 Å². The molecular formula is C21H26INO. The number of rotatable bonds is 4. The molecule has 0 fully saturated rings. The topological polar surface area (TPSA) is 12.5 Å². The predicted molar refractivity (Wildman–Crippen MR) is 109 cm³/mol. The van der Waals surface area contributed by atoms with Crippen LogP contribution in [0.25, 0.3) is 0 Å². The summed E-state index contributed by atoms with van der Waals surface area (Å²) >= 11 is 2.15. The molecule has 0 heterocycles. The summed E-state index contributed by atoms with van der Waals surface area (Å²) < 4.78 is 6.58. The van der Waals surface area contributed by atoms with Gasteiger partial charge in [0.1, 0.15) is 5.60 Å². The van der Waals surface area contributed by atoms with Crippen LogP contribution in [0.3, 0.4) is 0 Å². The first kappa shape index (κ1) is 17.9. The van der Waals surface area contributed by atoms with Crippen LogP contribution in [-0.4, -0.2) is 37.1 Å². The van der Waals surface area contributed by atoms with Gasteiger partial charge in [-0.2, -0.15) is 0 Å². The number of alkyl halides is 1. The normalized spacial score (nSPS) is 23.3. The zero-order chi connectivity index (χ0) is 17.2. The van der Waals surface area contributed by atoms with Gasteiger partial charge in [-0.15, -0.1) is 0 Å². The summed E-state index contributed by atoms with van der Waals surface area (Å²) in [5.41, 5.74) is 5.49. The van der Waals surface area contributed by atoms with Crippen LogP contribution >= 0.6 is 22.6 Å². The highest BCUT2D eigenvalue weighted by Crippen LogP contribution is 2.56. The molecule has 24 heavy (non-hydrogen) atoms.